The van der Waals surface area contributed by atoms with E-state index < -0.39 is 0 Å². The smallest absolute Gasteiger partial charge is 0.233 e. The van der Waals surface area contributed by atoms with Crippen molar-refractivity contribution in [3.05, 3.63) is 29.8 Å². The van der Waals surface area contributed by atoms with Gasteiger partial charge in [-0.25, -0.2) is 0 Å². The van der Waals surface area contributed by atoms with Crippen LogP contribution in [-0.4, -0.2) is 54.7 Å². The predicted octanol–water partition coefficient (Wildman–Crippen LogP) is 1.86. The van der Waals surface area contributed by atoms with E-state index in [0.29, 0.717) is 5.75 Å². The molecule has 1 aliphatic heterocycles. The summed E-state index contributed by atoms with van der Waals surface area (Å²) in [6.07, 6.45) is 0. The maximum atomic E-state index is 12.0. The summed E-state index contributed by atoms with van der Waals surface area (Å²) in [4.78, 5) is 17.4. The van der Waals surface area contributed by atoms with Gasteiger partial charge in [-0.1, -0.05) is 17.7 Å². The Balaban J connectivity index is 1.79. The first-order valence-corrected chi connectivity index (χ1v) is 7.29. The maximum absolute atomic E-state index is 12.0. The summed E-state index contributed by atoms with van der Waals surface area (Å²) in [7, 11) is 2.10. The number of thioether (sulfide) groups is 1. The molecule has 18 heavy (non-hydrogen) atoms. The van der Waals surface area contributed by atoms with Gasteiger partial charge in [0, 0.05) is 31.1 Å². The van der Waals surface area contributed by atoms with Gasteiger partial charge in [-0.3, -0.25) is 4.79 Å². The molecule has 3 nitrogen and oxygen atoms in total. The number of likely N-dealkylation sites (N-methyl/N-ethyl adjacent to an activating group) is 1. The molecule has 1 aliphatic rings. The summed E-state index contributed by atoms with van der Waals surface area (Å²) in [5, 5.41) is 0. The minimum atomic E-state index is 0.258. The zero-order chi connectivity index (χ0) is 13.0. The average Bonchev–Trinajstić information content (AvgIpc) is 2.38. The van der Waals surface area contributed by atoms with Crippen LogP contribution >= 0.6 is 11.8 Å². The fourth-order valence-corrected chi connectivity index (χ4v) is 2.73. The van der Waals surface area contributed by atoms with Crippen LogP contribution in [0.15, 0.2) is 29.2 Å². The topological polar surface area (TPSA) is 23.6 Å². The van der Waals surface area contributed by atoms with Crippen LogP contribution in [0.1, 0.15) is 5.56 Å². The lowest BCUT2D eigenvalue weighted by molar-refractivity contribution is -0.129. The second-order valence-electron chi connectivity index (χ2n) is 4.79. The molecule has 0 unspecified atom stereocenters. The fraction of sp³-hybridized carbons (Fsp3) is 0.500. The molecule has 1 fully saturated rings. The van der Waals surface area contributed by atoms with Gasteiger partial charge in [-0.15, -0.1) is 11.8 Å². The molecular weight excluding hydrogens is 244 g/mol. The molecule has 1 amide bonds. The van der Waals surface area contributed by atoms with E-state index in [-0.39, 0.29) is 5.91 Å². The number of carbonyl (C=O) groups excluding carboxylic acids is 1. The lowest BCUT2D eigenvalue weighted by Crippen LogP contribution is -2.47. The Hall–Kier alpha value is -1.00. The van der Waals surface area contributed by atoms with Gasteiger partial charge in [-0.05, 0) is 26.1 Å². The predicted molar refractivity (Wildman–Crippen MR) is 76.0 cm³/mol. The van der Waals surface area contributed by atoms with Crippen LogP contribution in [0.3, 0.4) is 0 Å². The molecule has 0 saturated carbocycles. The van der Waals surface area contributed by atoms with Crippen molar-refractivity contribution in [3.8, 4) is 0 Å². The Morgan fingerprint density at radius 2 is 1.78 bits per heavy atom. The van der Waals surface area contributed by atoms with E-state index >= 15 is 0 Å². The second-order valence-corrected chi connectivity index (χ2v) is 5.83. The molecule has 98 valence electrons. The highest BCUT2D eigenvalue weighted by molar-refractivity contribution is 8.00. The Morgan fingerprint density at radius 1 is 1.17 bits per heavy atom. The lowest BCUT2D eigenvalue weighted by Gasteiger charge is -2.32. The van der Waals surface area contributed by atoms with E-state index in [2.05, 4.69) is 43.1 Å². The number of rotatable bonds is 3. The number of carbonyl (C=O) groups is 1. The maximum Gasteiger partial charge on any atom is 0.233 e. The van der Waals surface area contributed by atoms with Gasteiger partial charge in [0.25, 0.3) is 0 Å². The molecular formula is C14H20N2OS. The zero-order valence-electron chi connectivity index (χ0n) is 11.1. The number of aryl methyl sites for hydroxylation is 1. The highest BCUT2D eigenvalue weighted by atomic mass is 32.2. The highest BCUT2D eigenvalue weighted by Gasteiger charge is 2.18. The summed E-state index contributed by atoms with van der Waals surface area (Å²) >= 11 is 1.63. The molecule has 0 atom stereocenters. The number of benzene rings is 1. The molecule has 0 aromatic heterocycles. The van der Waals surface area contributed by atoms with E-state index in [1.54, 1.807) is 11.8 Å². The molecule has 1 aromatic rings. The summed E-state index contributed by atoms with van der Waals surface area (Å²) in [6, 6.07) is 8.33. The zero-order valence-corrected chi connectivity index (χ0v) is 11.9. The Morgan fingerprint density at radius 3 is 2.39 bits per heavy atom. The van der Waals surface area contributed by atoms with E-state index in [9.17, 15) is 4.79 Å². The Bertz CT molecular complexity index is 397. The van der Waals surface area contributed by atoms with Gasteiger partial charge in [0.05, 0.1) is 5.75 Å². The molecule has 0 N–H and O–H groups in total. The van der Waals surface area contributed by atoms with E-state index in [0.717, 1.165) is 26.2 Å². The van der Waals surface area contributed by atoms with Crippen molar-refractivity contribution in [2.75, 3.05) is 39.0 Å². The first-order valence-electron chi connectivity index (χ1n) is 6.31. The fourth-order valence-electron chi connectivity index (χ4n) is 1.93. The third-order valence-electron chi connectivity index (χ3n) is 3.24. The third-order valence-corrected chi connectivity index (χ3v) is 4.24. The van der Waals surface area contributed by atoms with Crippen LogP contribution in [0, 0.1) is 6.92 Å². The molecule has 4 heteroatoms. The standard InChI is InChI=1S/C14H20N2OS/c1-12-3-5-13(6-4-12)18-11-14(17)16-9-7-15(2)8-10-16/h3-6H,7-11H2,1-2H3. The van der Waals surface area contributed by atoms with Gasteiger partial charge in [0.1, 0.15) is 0 Å². The normalized spacial score (nSPS) is 16.9. The van der Waals surface area contributed by atoms with Crippen molar-refractivity contribution >= 4 is 17.7 Å². The average molecular weight is 264 g/mol. The van der Waals surface area contributed by atoms with Crippen LogP contribution < -0.4 is 0 Å². The van der Waals surface area contributed by atoms with Crippen molar-refractivity contribution in [2.45, 2.75) is 11.8 Å². The van der Waals surface area contributed by atoms with Crippen molar-refractivity contribution in [1.82, 2.24) is 9.80 Å². The van der Waals surface area contributed by atoms with Crippen molar-refractivity contribution in [3.63, 3.8) is 0 Å². The Kier molecular flexibility index (Phi) is 4.66. The molecule has 1 aromatic carbocycles. The molecule has 2 rings (SSSR count). The second kappa shape index (κ2) is 6.25. The summed E-state index contributed by atoms with van der Waals surface area (Å²) in [5.41, 5.74) is 1.25. The molecule has 1 heterocycles. The molecule has 0 radical (unpaired) electrons. The largest absolute Gasteiger partial charge is 0.339 e. The summed E-state index contributed by atoms with van der Waals surface area (Å²) < 4.78 is 0. The van der Waals surface area contributed by atoms with Crippen LogP contribution in [0.2, 0.25) is 0 Å². The van der Waals surface area contributed by atoms with Crippen LogP contribution in [-0.2, 0) is 4.79 Å². The highest BCUT2D eigenvalue weighted by Crippen LogP contribution is 2.18. The summed E-state index contributed by atoms with van der Waals surface area (Å²) in [6.45, 7) is 5.78. The number of nitrogens with zero attached hydrogens (tertiary/aromatic N) is 2. The third kappa shape index (κ3) is 3.75. The van der Waals surface area contributed by atoms with Crippen molar-refractivity contribution < 1.29 is 4.79 Å². The first-order chi connectivity index (χ1) is 8.65. The van der Waals surface area contributed by atoms with Gasteiger partial charge in [0.15, 0.2) is 0 Å². The minimum Gasteiger partial charge on any atom is -0.339 e. The number of amides is 1. The quantitative estimate of drug-likeness (QED) is 0.779. The summed E-state index contributed by atoms with van der Waals surface area (Å²) in [5.74, 6) is 0.806. The van der Waals surface area contributed by atoms with Crippen LogP contribution in [0.25, 0.3) is 0 Å². The van der Waals surface area contributed by atoms with Gasteiger partial charge < -0.3 is 9.80 Å². The van der Waals surface area contributed by atoms with Gasteiger partial charge in [0.2, 0.25) is 5.91 Å². The molecule has 0 bridgehead atoms. The van der Waals surface area contributed by atoms with Crippen LogP contribution in [0.4, 0.5) is 0 Å². The first kappa shape index (κ1) is 13.4. The Labute approximate surface area is 113 Å². The molecule has 0 spiro atoms. The number of hydrogen-bond donors (Lipinski definition) is 0. The number of piperazine rings is 1. The monoisotopic (exact) mass is 264 g/mol. The van der Waals surface area contributed by atoms with E-state index in [4.69, 9.17) is 0 Å². The van der Waals surface area contributed by atoms with E-state index in [1.807, 2.05) is 4.90 Å². The minimum absolute atomic E-state index is 0.258. The van der Waals surface area contributed by atoms with Crippen molar-refractivity contribution in [2.24, 2.45) is 0 Å². The van der Waals surface area contributed by atoms with Gasteiger partial charge in [-0.2, -0.15) is 0 Å². The number of hydrogen-bond acceptors (Lipinski definition) is 3. The van der Waals surface area contributed by atoms with Gasteiger partial charge >= 0.3 is 0 Å². The van der Waals surface area contributed by atoms with Crippen molar-refractivity contribution in [1.29, 1.82) is 0 Å². The molecule has 0 aliphatic carbocycles. The lowest BCUT2D eigenvalue weighted by atomic mass is 10.2. The van der Waals surface area contributed by atoms with Crippen LogP contribution in [0.5, 0.6) is 0 Å². The van der Waals surface area contributed by atoms with E-state index in [1.165, 1.54) is 10.5 Å². The SMILES string of the molecule is Cc1ccc(SCC(=O)N2CCN(C)CC2)cc1. The molecule has 1 saturated heterocycles.